The lowest BCUT2D eigenvalue weighted by atomic mass is 9.97. The molecule has 2 aliphatic heterocycles. The Bertz CT molecular complexity index is 1450. The van der Waals surface area contributed by atoms with E-state index in [4.69, 9.17) is 4.98 Å². The van der Waals surface area contributed by atoms with E-state index < -0.39 is 6.10 Å². The predicted molar refractivity (Wildman–Crippen MR) is 140 cm³/mol. The van der Waals surface area contributed by atoms with Gasteiger partial charge in [-0.2, -0.15) is 5.10 Å². The number of nitrogens with one attached hydrogen (secondary N) is 2. The number of likely N-dealkylation sites (N-methyl/N-ethyl adjacent to an activating group) is 1. The van der Waals surface area contributed by atoms with Gasteiger partial charge in [-0.05, 0) is 46.5 Å². The summed E-state index contributed by atoms with van der Waals surface area (Å²) in [6.07, 6.45) is -0.814. The van der Waals surface area contributed by atoms with Crippen LogP contribution in [0.2, 0.25) is 0 Å². The number of aliphatic hydroxyl groups is 1. The normalized spacial score (nSPS) is 19.0. The van der Waals surface area contributed by atoms with Gasteiger partial charge in [0.05, 0.1) is 16.7 Å². The number of hydrogen-bond acceptors (Lipinski definition) is 6. The lowest BCUT2D eigenvalue weighted by Crippen LogP contribution is -2.29. The van der Waals surface area contributed by atoms with Crippen molar-refractivity contribution in [1.82, 2.24) is 25.2 Å². The highest BCUT2D eigenvalue weighted by Crippen LogP contribution is 2.33. The maximum atomic E-state index is 12.1. The van der Waals surface area contributed by atoms with Gasteiger partial charge in [-0.1, -0.05) is 36.4 Å². The predicted octanol–water partition coefficient (Wildman–Crippen LogP) is 3.29. The van der Waals surface area contributed by atoms with E-state index in [1.54, 1.807) is 24.0 Å². The summed E-state index contributed by atoms with van der Waals surface area (Å²) in [6.45, 7) is 1.73. The summed E-state index contributed by atoms with van der Waals surface area (Å²) in [5, 5.41) is 21.1. The molecule has 0 bridgehead atoms. The molecule has 0 spiro atoms. The first-order valence-corrected chi connectivity index (χ1v) is 12.0. The molecule has 1 aromatic heterocycles. The topological polar surface area (TPSA) is 96.9 Å². The van der Waals surface area contributed by atoms with E-state index in [9.17, 15) is 9.90 Å². The minimum atomic E-state index is -0.814. The lowest BCUT2D eigenvalue weighted by molar-refractivity contribution is 0.0827. The molecule has 3 aromatic carbocycles. The highest BCUT2D eigenvalue weighted by Gasteiger charge is 2.38. The van der Waals surface area contributed by atoms with Gasteiger partial charge in [0.15, 0.2) is 0 Å². The maximum absolute atomic E-state index is 12.1. The fraction of sp³-hybridized carbons (Fsp3) is 0.250. The van der Waals surface area contributed by atoms with Gasteiger partial charge < -0.3 is 20.3 Å². The number of benzene rings is 3. The van der Waals surface area contributed by atoms with E-state index in [0.717, 1.165) is 40.8 Å². The second-order valence-electron chi connectivity index (χ2n) is 9.67. The zero-order valence-corrected chi connectivity index (χ0v) is 20.5. The molecule has 182 valence electrons. The first-order chi connectivity index (χ1) is 17.4. The van der Waals surface area contributed by atoms with Crippen LogP contribution >= 0.6 is 0 Å². The van der Waals surface area contributed by atoms with Crippen molar-refractivity contribution in [2.45, 2.75) is 25.2 Å². The number of hydrogen-bond donors (Lipinski definition) is 3. The Labute approximate surface area is 209 Å². The zero-order chi connectivity index (χ0) is 25.0. The number of amides is 1. The molecular weight excluding hydrogens is 452 g/mol. The number of hydrazone groups is 1. The largest absolute Gasteiger partial charge is 0.384 e. The maximum Gasteiger partial charge on any atom is 0.253 e. The Morgan fingerprint density at radius 2 is 1.58 bits per heavy atom. The number of aromatic amines is 1. The van der Waals surface area contributed by atoms with E-state index in [-0.39, 0.29) is 11.9 Å². The van der Waals surface area contributed by atoms with Gasteiger partial charge in [-0.15, -0.1) is 0 Å². The van der Waals surface area contributed by atoms with Crippen molar-refractivity contribution >= 4 is 22.7 Å². The van der Waals surface area contributed by atoms with Crippen molar-refractivity contribution in [2.24, 2.45) is 5.10 Å². The van der Waals surface area contributed by atoms with E-state index >= 15 is 0 Å². The van der Waals surface area contributed by atoms with Gasteiger partial charge in [0.2, 0.25) is 0 Å². The van der Waals surface area contributed by atoms with Crippen LogP contribution in [0.25, 0.3) is 22.2 Å². The fourth-order valence-corrected chi connectivity index (χ4v) is 5.06. The highest BCUT2D eigenvalue weighted by molar-refractivity contribution is 6.05. The summed E-state index contributed by atoms with van der Waals surface area (Å²) in [5.41, 5.74) is 8.63. The Balaban J connectivity index is 1.23. The number of H-pyrrole nitrogens is 1. The Morgan fingerprint density at radius 1 is 0.972 bits per heavy atom. The number of rotatable bonds is 4. The van der Waals surface area contributed by atoms with Crippen molar-refractivity contribution in [2.75, 3.05) is 21.1 Å². The van der Waals surface area contributed by atoms with Gasteiger partial charge in [-0.3, -0.25) is 9.80 Å². The number of carbonyl (C=O) groups excluding carboxylic acids is 1. The van der Waals surface area contributed by atoms with Crippen LogP contribution in [0.15, 0.2) is 65.8 Å². The van der Waals surface area contributed by atoms with Gasteiger partial charge in [-0.25, -0.2) is 4.98 Å². The molecule has 0 fully saturated rings. The molecule has 0 radical (unpaired) electrons. The number of aromatic nitrogens is 2. The average molecular weight is 481 g/mol. The Hall–Kier alpha value is -4.01. The van der Waals surface area contributed by atoms with Crippen molar-refractivity contribution in [1.29, 1.82) is 0 Å². The number of imidazole rings is 1. The van der Waals surface area contributed by atoms with Crippen molar-refractivity contribution in [3.05, 3.63) is 88.7 Å². The molecule has 3 heterocycles. The summed E-state index contributed by atoms with van der Waals surface area (Å²) in [5.74, 6) is 0.689. The monoisotopic (exact) mass is 480 g/mol. The quantitative estimate of drug-likeness (QED) is 0.417. The van der Waals surface area contributed by atoms with Gasteiger partial charge in [0, 0.05) is 45.4 Å². The van der Waals surface area contributed by atoms with E-state index in [0.29, 0.717) is 17.1 Å². The molecule has 1 amide bonds. The van der Waals surface area contributed by atoms with Crippen molar-refractivity contribution < 1.29 is 9.90 Å². The SMILES string of the molecule is CN(C)C(=O)c1ccc(-c2ccc(C3=NN(C)C(c4nc5cc6c(cc5[nH]4)CNC6)C3O)cc2)cc1. The minimum absolute atomic E-state index is 0.0191. The highest BCUT2D eigenvalue weighted by atomic mass is 16.3. The second-order valence-corrected chi connectivity index (χ2v) is 9.67. The first-order valence-electron chi connectivity index (χ1n) is 12.0. The molecule has 2 aliphatic rings. The smallest absolute Gasteiger partial charge is 0.253 e. The van der Waals surface area contributed by atoms with Crippen LogP contribution in [0, 0.1) is 0 Å². The Kier molecular flexibility index (Phi) is 5.35. The molecule has 2 atom stereocenters. The minimum Gasteiger partial charge on any atom is -0.384 e. The number of fused-ring (bicyclic) bond motifs is 2. The molecule has 3 N–H and O–H groups in total. The van der Waals surface area contributed by atoms with Gasteiger partial charge in [0.1, 0.15) is 18.0 Å². The molecule has 2 unspecified atom stereocenters. The first kappa shape index (κ1) is 22.5. The number of aliphatic hydroxyl groups excluding tert-OH is 1. The summed E-state index contributed by atoms with van der Waals surface area (Å²) >= 11 is 0. The van der Waals surface area contributed by atoms with E-state index in [2.05, 4.69) is 27.5 Å². The van der Waals surface area contributed by atoms with E-state index in [1.807, 2.05) is 55.6 Å². The van der Waals surface area contributed by atoms with Crippen molar-refractivity contribution in [3.63, 3.8) is 0 Å². The summed E-state index contributed by atoms with van der Waals surface area (Å²) < 4.78 is 0. The molecule has 0 saturated carbocycles. The average Bonchev–Trinajstić information content (AvgIpc) is 3.58. The lowest BCUT2D eigenvalue weighted by Gasteiger charge is -2.19. The van der Waals surface area contributed by atoms with Crippen LogP contribution in [-0.4, -0.2) is 63.8 Å². The van der Waals surface area contributed by atoms with Crippen molar-refractivity contribution in [3.8, 4) is 11.1 Å². The molecule has 8 nitrogen and oxygen atoms in total. The molecule has 0 saturated heterocycles. The second kappa shape index (κ2) is 8.58. The third kappa shape index (κ3) is 3.75. The molecule has 6 rings (SSSR count). The molecule has 0 aliphatic carbocycles. The third-order valence-corrected chi connectivity index (χ3v) is 7.03. The van der Waals surface area contributed by atoms with Crippen LogP contribution < -0.4 is 5.32 Å². The summed E-state index contributed by atoms with van der Waals surface area (Å²) in [4.78, 5) is 21.9. The molecule has 8 heteroatoms. The number of carbonyl (C=O) groups is 1. The van der Waals surface area contributed by atoms with Gasteiger partial charge >= 0.3 is 0 Å². The Morgan fingerprint density at radius 3 is 2.25 bits per heavy atom. The summed E-state index contributed by atoms with van der Waals surface area (Å²) in [6, 6.07) is 19.4. The van der Waals surface area contributed by atoms with Crippen LogP contribution in [-0.2, 0) is 13.1 Å². The zero-order valence-electron chi connectivity index (χ0n) is 20.5. The fourth-order valence-electron chi connectivity index (χ4n) is 5.06. The van der Waals surface area contributed by atoms with E-state index in [1.165, 1.54) is 11.1 Å². The third-order valence-electron chi connectivity index (χ3n) is 7.03. The van der Waals surface area contributed by atoms with Crippen LogP contribution in [0.1, 0.15) is 38.9 Å². The summed E-state index contributed by atoms with van der Waals surface area (Å²) in [7, 11) is 5.35. The molecule has 36 heavy (non-hydrogen) atoms. The molecule has 4 aromatic rings. The van der Waals surface area contributed by atoms with Crippen LogP contribution in [0.4, 0.5) is 0 Å². The van der Waals surface area contributed by atoms with Gasteiger partial charge in [0.25, 0.3) is 5.91 Å². The van der Waals surface area contributed by atoms with Crippen LogP contribution in [0.5, 0.6) is 0 Å². The standard InChI is InChI=1S/C28H28N6O2/c1-33(2)28(36)19-10-6-17(7-11-19)16-4-8-18(9-5-16)24-26(35)25(34(3)32-24)27-30-22-12-20-14-29-15-21(20)13-23(22)31-27/h4-13,25-26,29,35H,14-15H2,1-3H3,(H,30,31). The number of nitrogens with zero attached hydrogens (tertiary/aromatic N) is 4. The molecular formula is C28H28N6O2. The van der Waals surface area contributed by atoms with Crippen LogP contribution in [0.3, 0.4) is 0 Å².